The maximum absolute atomic E-state index is 15.6. The van der Waals surface area contributed by atoms with Crippen LogP contribution in [0.3, 0.4) is 0 Å². The second kappa shape index (κ2) is 10.7. The number of pyridine rings is 1. The number of hydrogen-bond acceptors (Lipinski definition) is 6. The number of carbonyl (C=O) groups is 2. The Kier molecular flexibility index (Phi) is 7.16. The highest BCUT2D eigenvalue weighted by Gasteiger charge is 2.29. The Morgan fingerprint density at radius 2 is 1.97 bits per heavy atom. The van der Waals surface area contributed by atoms with Crippen molar-refractivity contribution < 1.29 is 33.0 Å². The molecule has 5 rings (SSSR count). The molecule has 11 heteroatoms. The molecule has 1 unspecified atom stereocenters. The van der Waals surface area contributed by atoms with Gasteiger partial charge in [0.25, 0.3) is 5.91 Å². The first kappa shape index (κ1) is 26.1. The van der Waals surface area contributed by atoms with Crippen LogP contribution < -0.4 is 0 Å². The lowest BCUT2D eigenvalue weighted by molar-refractivity contribution is -0.0241. The molecule has 1 aromatic carbocycles. The summed E-state index contributed by atoms with van der Waals surface area (Å²) in [5.74, 6) is -2.85. The van der Waals surface area contributed by atoms with E-state index in [9.17, 15) is 14.7 Å². The van der Waals surface area contributed by atoms with Crippen molar-refractivity contribution in [2.24, 2.45) is 0 Å². The summed E-state index contributed by atoms with van der Waals surface area (Å²) < 4.78 is 43.6. The molecule has 39 heavy (non-hydrogen) atoms. The second-order valence-electron chi connectivity index (χ2n) is 9.23. The molecule has 2 aromatic heterocycles. The Hall–Kier alpha value is -4.51. The van der Waals surface area contributed by atoms with Gasteiger partial charge in [0, 0.05) is 30.9 Å². The zero-order valence-corrected chi connectivity index (χ0v) is 21.3. The standard InChI is InChI=1S/C28H26F2N4O5/c1-17-6-8-34-23(14-20-16-33(9-10-39-20)28(37)38-2)26(31-24(34)11-17)25-21(29)12-18(13-22(25)30)27(36)32-7-4-3-5-19(35)15-32/h3-8,11-13,15,20,35H,9-10,14,16H2,1-2H3. The molecule has 0 spiro atoms. The smallest absolute Gasteiger partial charge is 0.409 e. The van der Waals surface area contributed by atoms with Gasteiger partial charge >= 0.3 is 6.09 Å². The molecule has 0 saturated carbocycles. The van der Waals surface area contributed by atoms with Crippen LogP contribution in [0.15, 0.2) is 66.8 Å². The van der Waals surface area contributed by atoms with Gasteiger partial charge in [-0.1, -0.05) is 6.08 Å². The van der Waals surface area contributed by atoms with Gasteiger partial charge in [-0.25, -0.2) is 18.6 Å². The Labute approximate surface area is 222 Å². The maximum Gasteiger partial charge on any atom is 0.409 e. The van der Waals surface area contributed by atoms with Crippen LogP contribution in [-0.2, 0) is 15.9 Å². The Morgan fingerprint density at radius 1 is 1.21 bits per heavy atom. The molecule has 9 nitrogen and oxygen atoms in total. The van der Waals surface area contributed by atoms with Gasteiger partial charge in [0.05, 0.1) is 49.5 Å². The first-order chi connectivity index (χ1) is 18.7. The zero-order chi connectivity index (χ0) is 27.7. The number of aromatic nitrogens is 2. The number of nitrogens with zero attached hydrogens (tertiary/aromatic N) is 4. The van der Waals surface area contributed by atoms with Gasteiger partial charge in [0.2, 0.25) is 0 Å². The number of imidazole rings is 1. The summed E-state index contributed by atoms with van der Waals surface area (Å²) in [6, 6.07) is 5.55. The fraction of sp³-hybridized carbons (Fsp3) is 0.250. The summed E-state index contributed by atoms with van der Waals surface area (Å²) in [5.41, 5.74) is 1.35. The van der Waals surface area contributed by atoms with E-state index in [-0.39, 0.29) is 42.2 Å². The quantitative estimate of drug-likeness (QED) is 0.527. The van der Waals surface area contributed by atoms with Crippen LogP contribution >= 0.6 is 0 Å². The Morgan fingerprint density at radius 3 is 2.72 bits per heavy atom. The molecular formula is C28H26F2N4O5. The summed E-state index contributed by atoms with van der Waals surface area (Å²) in [7, 11) is 1.30. The number of carbonyl (C=O) groups excluding carboxylic acids is 2. The highest BCUT2D eigenvalue weighted by molar-refractivity contribution is 5.96. The van der Waals surface area contributed by atoms with E-state index in [1.807, 2.05) is 13.0 Å². The van der Waals surface area contributed by atoms with Crippen LogP contribution in [0.2, 0.25) is 0 Å². The summed E-state index contributed by atoms with van der Waals surface area (Å²) in [4.78, 5) is 32.1. The van der Waals surface area contributed by atoms with Crippen LogP contribution in [0.5, 0.6) is 0 Å². The van der Waals surface area contributed by atoms with E-state index in [0.29, 0.717) is 17.9 Å². The van der Waals surface area contributed by atoms with Gasteiger partial charge in [-0.15, -0.1) is 0 Å². The number of benzene rings is 1. The van der Waals surface area contributed by atoms with Crippen LogP contribution in [0, 0.1) is 18.6 Å². The van der Waals surface area contributed by atoms with Gasteiger partial charge in [0.1, 0.15) is 23.0 Å². The van der Waals surface area contributed by atoms with E-state index in [1.165, 1.54) is 36.4 Å². The summed E-state index contributed by atoms with van der Waals surface area (Å²) in [6.07, 6.45) is 7.97. The minimum absolute atomic E-state index is 0.0739. The van der Waals surface area contributed by atoms with Gasteiger partial charge in [-0.3, -0.25) is 9.69 Å². The zero-order valence-electron chi connectivity index (χ0n) is 21.3. The van der Waals surface area contributed by atoms with Crippen molar-refractivity contribution in [3.8, 4) is 11.3 Å². The van der Waals surface area contributed by atoms with Crippen LogP contribution in [-0.4, -0.2) is 69.2 Å². The monoisotopic (exact) mass is 536 g/mol. The molecule has 1 fully saturated rings. The lowest BCUT2D eigenvalue weighted by Gasteiger charge is -2.32. The number of ether oxygens (including phenoxy) is 2. The molecule has 1 N–H and O–H groups in total. The number of halogens is 2. The molecular weight excluding hydrogens is 510 g/mol. The topological polar surface area (TPSA) is 96.6 Å². The number of allylic oxidation sites excluding steroid dienone is 3. The lowest BCUT2D eigenvalue weighted by atomic mass is 10.0. The highest BCUT2D eigenvalue weighted by Crippen LogP contribution is 2.32. The third-order valence-corrected chi connectivity index (χ3v) is 6.53. The average molecular weight is 537 g/mol. The van der Waals surface area contributed by atoms with Gasteiger partial charge < -0.3 is 23.9 Å². The number of methoxy groups -OCH3 is 1. The van der Waals surface area contributed by atoms with E-state index in [0.717, 1.165) is 28.8 Å². The number of fused-ring (bicyclic) bond motifs is 1. The van der Waals surface area contributed by atoms with Gasteiger partial charge in [-0.05, 0) is 48.9 Å². The van der Waals surface area contributed by atoms with Crippen molar-refractivity contribution >= 4 is 17.6 Å². The van der Waals surface area contributed by atoms with E-state index in [2.05, 4.69) is 4.98 Å². The fourth-order valence-electron chi connectivity index (χ4n) is 4.67. The van der Waals surface area contributed by atoms with E-state index < -0.39 is 29.7 Å². The van der Waals surface area contributed by atoms with Crippen molar-refractivity contribution in [1.29, 1.82) is 0 Å². The summed E-state index contributed by atoms with van der Waals surface area (Å²) in [6.45, 7) is 2.78. The van der Waals surface area contributed by atoms with Crippen molar-refractivity contribution in [3.63, 3.8) is 0 Å². The predicted octanol–water partition coefficient (Wildman–Crippen LogP) is 4.52. The minimum Gasteiger partial charge on any atom is -0.506 e. The number of rotatable bonds is 4. The first-order valence-electron chi connectivity index (χ1n) is 12.2. The molecule has 2 aliphatic rings. The molecule has 1 atom stereocenters. The van der Waals surface area contributed by atoms with Crippen LogP contribution in [0.1, 0.15) is 21.6 Å². The average Bonchev–Trinajstić information content (AvgIpc) is 3.09. The van der Waals surface area contributed by atoms with E-state index in [1.54, 1.807) is 16.7 Å². The molecule has 2 aliphatic heterocycles. The van der Waals surface area contributed by atoms with Crippen LogP contribution in [0.4, 0.5) is 13.6 Å². The van der Waals surface area contributed by atoms with Gasteiger partial charge in [0.15, 0.2) is 0 Å². The number of hydrogen-bond donors (Lipinski definition) is 1. The largest absolute Gasteiger partial charge is 0.506 e. The van der Waals surface area contributed by atoms with E-state index in [4.69, 9.17) is 9.47 Å². The van der Waals surface area contributed by atoms with Crippen molar-refractivity contribution in [3.05, 3.63) is 95.3 Å². The molecule has 1 saturated heterocycles. The highest BCUT2D eigenvalue weighted by atomic mass is 19.1. The Balaban J connectivity index is 1.54. The number of morpholine rings is 1. The second-order valence-corrected chi connectivity index (χ2v) is 9.23. The summed E-state index contributed by atoms with van der Waals surface area (Å²) >= 11 is 0. The van der Waals surface area contributed by atoms with Crippen LogP contribution in [0.25, 0.3) is 16.9 Å². The molecule has 2 amide bonds. The van der Waals surface area contributed by atoms with Gasteiger partial charge in [-0.2, -0.15) is 0 Å². The SMILES string of the molecule is COC(=O)N1CCOC(Cc2c(-c3c(F)cc(C(=O)N4C=CC=CC(O)=C4)cc3F)nc3cc(C)ccn23)C1. The molecule has 3 aromatic rings. The van der Waals surface area contributed by atoms with Crippen molar-refractivity contribution in [2.75, 3.05) is 26.8 Å². The predicted molar refractivity (Wildman–Crippen MR) is 138 cm³/mol. The minimum atomic E-state index is -0.967. The lowest BCUT2D eigenvalue weighted by Crippen LogP contribution is -2.46. The van der Waals surface area contributed by atoms with Crippen molar-refractivity contribution in [2.45, 2.75) is 19.4 Å². The van der Waals surface area contributed by atoms with Crippen molar-refractivity contribution in [1.82, 2.24) is 19.2 Å². The molecule has 202 valence electrons. The molecule has 0 aliphatic carbocycles. The fourth-order valence-corrected chi connectivity index (χ4v) is 4.67. The molecule has 0 radical (unpaired) electrons. The number of aliphatic hydroxyl groups is 1. The van der Waals surface area contributed by atoms with E-state index >= 15 is 8.78 Å². The molecule has 0 bridgehead atoms. The molecule has 4 heterocycles. The number of aliphatic hydroxyl groups excluding tert-OH is 1. The number of aryl methyl sites for hydroxylation is 1. The Bertz CT molecular complexity index is 1520. The number of amides is 2. The maximum atomic E-state index is 15.6. The normalized spacial score (nSPS) is 17.3. The third-order valence-electron chi connectivity index (χ3n) is 6.53. The third kappa shape index (κ3) is 5.26. The first-order valence-corrected chi connectivity index (χ1v) is 12.2. The summed E-state index contributed by atoms with van der Waals surface area (Å²) in [5, 5.41) is 9.81.